The molecule has 2 aromatic carbocycles. The van der Waals surface area contributed by atoms with Gasteiger partial charge in [0.2, 0.25) is 0 Å². The molecule has 2 N–H and O–H groups in total. The lowest BCUT2D eigenvalue weighted by Gasteiger charge is -2.27. The Hall–Kier alpha value is -2.62. The first-order valence-electron chi connectivity index (χ1n) is 8.97. The van der Waals surface area contributed by atoms with E-state index in [1.165, 1.54) is 0 Å². The fraction of sp³-hybridized carbons (Fsp3) is 0.364. The smallest absolute Gasteiger partial charge is 0.173 e. The van der Waals surface area contributed by atoms with Crippen molar-refractivity contribution in [3.8, 4) is 0 Å². The van der Waals surface area contributed by atoms with Crippen molar-refractivity contribution in [3.63, 3.8) is 0 Å². The second-order valence-electron chi connectivity index (χ2n) is 8.29. The standard InChI is InChI=1S/C22H30N4/c1-21(2,3)25-20(26-22(4,5)6)19(23-17-13-9-7-10-14-17)24-18-15-11-8-12-16-18/h7-16H,1-6H3,(H,23,24)(H,25,26). The number of benzene rings is 2. The molecule has 0 fully saturated rings. The minimum Gasteiger partial charge on any atom is -0.363 e. The summed E-state index contributed by atoms with van der Waals surface area (Å²) in [7, 11) is 0. The predicted octanol–water partition coefficient (Wildman–Crippen LogP) is 5.41. The van der Waals surface area contributed by atoms with E-state index in [1.54, 1.807) is 0 Å². The van der Waals surface area contributed by atoms with E-state index in [9.17, 15) is 0 Å². The van der Waals surface area contributed by atoms with Crippen molar-refractivity contribution in [2.24, 2.45) is 9.98 Å². The lowest BCUT2D eigenvalue weighted by atomic mass is 10.1. The number of nitrogens with one attached hydrogen (secondary N) is 2. The summed E-state index contributed by atoms with van der Waals surface area (Å²) in [6, 6.07) is 20.0. The zero-order chi connectivity index (χ0) is 19.2. The third-order valence-corrected chi connectivity index (χ3v) is 3.20. The van der Waals surface area contributed by atoms with Crippen molar-refractivity contribution in [1.29, 1.82) is 0 Å². The van der Waals surface area contributed by atoms with E-state index in [1.807, 2.05) is 60.7 Å². The van der Waals surface area contributed by atoms with Gasteiger partial charge >= 0.3 is 0 Å². The summed E-state index contributed by atoms with van der Waals surface area (Å²) < 4.78 is 0. The predicted molar refractivity (Wildman–Crippen MR) is 114 cm³/mol. The van der Waals surface area contributed by atoms with Gasteiger partial charge < -0.3 is 10.6 Å². The van der Waals surface area contributed by atoms with Crippen LogP contribution in [0.1, 0.15) is 41.5 Å². The quantitative estimate of drug-likeness (QED) is 0.562. The molecule has 0 bridgehead atoms. The van der Waals surface area contributed by atoms with Crippen LogP contribution in [0, 0.1) is 0 Å². The molecule has 4 heteroatoms. The Bertz CT molecular complexity index is 748. The average molecular weight is 351 g/mol. The maximum atomic E-state index is 4.90. The van der Waals surface area contributed by atoms with E-state index >= 15 is 0 Å². The molecule has 0 aliphatic carbocycles. The molecule has 0 radical (unpaired) electrons. The fourth-order valence-corrected chi connectivity index (χ4v) is 2.26. The molecule has 0 unspecified atom stereocenters. The molecule has 2 rings (SSSR count). The highest BCUT2D eigenvalue weighted by Gasteiger charge is 2.20. The number of amidine groups is 2. The first-order chi connectivity index (χ1) is 12.1. The lowest BCUT2D eigenvalue weighted by molar-refractivity contribution is 0.504. The third-order valence-electron chi connectivity index (χ3n) is 3.20. The second kappa shape index (κ2) is 8.17. The third kappa shape index (κ3) is 7.09. The van der Waals surface area contributed by atoms with Crippen LogP contribution in [0.5, 0.6) is 0 Å². The van der Waals surface area contributed by atoms with Crippen LogP contribution in [-0.2, 0) is 0 Å². The number of rotatable bonds is 2. The van der Waals surface area contributed by atoms with Gasteiger partial charge in [-0.15, -0.1) is 0 Å². The van der Waals surface area contributed by atoms with Gasteiger partial charge in [-0.3, -0.25) is 4.99 Å². The second-order valence-corrected chi connectivity index (χ2v) is 8.29. The highest BCUT2D eigenvalue weighted by molar-refractivity contribution is 6.45. The van der Waals surface area contributed by atoms with Gasteiger partial charge in [-0.2, -0.15) is 0 Å². The zero-order valence-corrected chi connectivity index (χ0v) is 16.7. The molecule has 138 valence electrons. The molecule has 0 saturated heterocycles. The summed E-state index contributed by atoms with van der Waals surface area (Å²) in [5.41, 5.74) is 1.48. The van der Waals surface area contributed by atoms with Gasteiger partial charge in [0.05, 0.1) is 11.2 Å². The molecule has 0 aliphatic heterocycles. The highest BCUT2D eigenvalue weighted by atomic mass is 15.1. The first kappa shape index (κ1) is 19.7. The topological polar surface area (TPSA) is 48.8 Å². The SMILES string of the molecule is CC(C)(C)N=C(NC(C)(C)C)C(=Nc1ccccc1)Nc1ccccc1. The van der Waals surface area contributed by atoms with Crippen LogP contribution in [0.4, 0.5) is 11.4 Å². The molecule has 26 heavy (non-hydrogen) atoms. The van der Waals surface area contributed by atoms with E-state index in [4.69, 9.17) is 9.98 Å². The summed E-state index contributed by atoms with van der Waals surface area (Å²) in [6.45, 7) is 12.6. The molecule has 0 aromatic heterocycles. The minimum atomic E-state index is -0.233. The maximum absolute atomic E-state index is 4.90. The average Bonchev–Trinajstić information content (AvgIpc) is 2.53. The van der Waals surface area contributed by atoms with Crippen molar-refractivity contribution in [1.82, 2.24) is 5.32 Å². The number of hydrogen-bond donors (Lipinski definition) is 2. The molecular weight excluding hydrogens is 320 g/mol. The van der Waals surface area contributed by atoms with Crippen LogP contribution < -0.4 is 10.6 Å². The summed E-state index contributed by atoms with van der Waals surface area (Å²) in [4.78, 5) is 9.73. The Kier molecular flexibility index (Phi) is 6.19. The van der Waals surface area contributed by atoms with Crippen molar-refractivity contribution < 1.29 is 0 Å². The van der Waals surface area contributed by atoms with Crippen LogP contribution in [0.25, 0.3) is 0 Å². The fourth-order valence-electron chi connectivity index (χ4n) is 2.26. The Morgan fingerprint density at radius 2 is 1.27 bits per heavy atom. The van der Waals surface area contributed by atoms with Crippen molar-refractivity contribution in [2.75, 3.05) is 5.32 Å². The van der Waals surface area contributed by atoms with E-state index in [0.717, 1.165) is 17.2 Å². The number of aliphatic imine (C=N–C) groups is 2. The van der Waals surface area contributed by atoms with Gasteiger partial charge in [0.1, 0.15) is 0 Å². The summed E-state index contributed by atoms with van der Waals surface area (Å²) in [5, 5.41) is 6.94. The lowest BCUT2D eigenvalue weighted by Crippen LogP contribution is -2.47. The maximum Gasteiger partial charge on any atom is 0.173 e. The Balaban J connectivity index is 2.51. The van der Waals surface area contributed by atoms with Gasteiger partial charge in [-0.05, 0) is 65.8 Å². The molecule has 2 aromatic rings. The first-order valence-corrected chi connectivity index (χ1v) is 8.97. The summed E-state index contributed by atoms with van der Waals surface area (Å²) >= 11 is 0. The van der Waals surface area contributed by atoms with Crippen molar-refractivity contribution in [3.05, 3.63) is 60.7 Å². The van der Waals surface area contributed by atoms with Crippen LogP contribution in [0.2, 0.25) is 0 Å². The number of nitrogens with zero attached hydrogens (tertiary/aromatic N) is 2. The van der Waals surface area contributed by atoms with E-state index in [0.29, 0.717) is 5.84 Å². The normalized spacial score (nSPS) is 13.5. The Morgan fingerprint density at radius 3 is 1.77 bits per heavy atom. The van der Waals surface area contributed by atoms with E-state index < -0.39 is 0 Å². The highest BCUT2D eigenvalue weighted by Crippen LogP contribution is 2.15. The minimum absolute atomic E-state index is 0.139. The van der Waals surface area contributed by atoms with Crippen LogP contribution in [0.15, 0.2) is 70.6 Å². The van der Waals surface area contributed by atoms with Gasteiger partial charge in [0, 0.05) is 11.2 Å². The monoisotopic (exact) mass is 350 g/mol. The van der Waals surface area contributed by atoms with Gasteiger partial charge in [-0.1, -0.05) is 36.4 Å². The summed E-state index contributed by atoms with van der Waals surface area (Å²) in [5.74, 6) is 1.45. The summed E-state index contributed by atoms with van der Waals surface area (Å²) in [6.07, 6.45) is 0. The van der Waals surface area contributed by atoms with Crippen molar-refractivity contribution in [2.45, 2.75) is 52.6 Å². The number of anilines is 1. The largest absolute Gasteiger partial charge is 0.363 e. The Morgan fingerprint density at radius 1 is 0.731 bits per heavy atom. The van der Waals surface area contributed by atoms with Crippen LogP contribution in [-0.4, -0.2) is 22.7 Å². The molecule has 0 spiro atoms. The zero-order valence-electron chi connectivity index (χ0n) is 16.7. The van der Waals surface area contributed by atoms with Gasteiger partial charge in [-0.25, -0.2) is 4.99 Å². The molecule has 0 atom stereocenters. The number of hydrogen-bond acceptors (Lipinski definition) is 2. The molecular formula is C22H30N4. The van der Waals surface area contributed by atoms with Crippen LogP contribution in [0.3, 0.4) is 0 Å². The Labute approximate surface area is 157 Å². The van der Waals surface area contributed by atoms with E-state index in [-0.39, 0.29) is 11.1 Å². The molecule has 0 amide bonds. The van der Waals surface area contributed by atoms with E-state index in [2.05, 4.69) is 52.2 Å². The molecule has 0 saturated carbocycles. The number of para-hydroxylation sites is 2. The molecule has 4 nitrogen and oxygen atoms in total. The van der Waals surface area contributed by atoms with Crippen molar-refractivity contribution >= 4 is 23.0 Å². The molecule has 0 aliphatic rings. The van der Waals surface area contributed by atoms with Gasteiger partial charge in [0.25, 0.3) is 0 Å². The van der Waals surface area contributed by atoms with Gasteiger partial charge in [0.15, 0.2) is 11.7 Å². The molecule has 0 heterocycles. The van der Waals surface area contributed by atoms with Crippen LogP contribution >= 0.6 is 0 Å².